The van der Waals surface area contributed by atoms with Gasteiger partial charge in [-0.3, -0.25) is 4.98 Å². The zero-order valence-electron chi connectivity index (χ0n) is 50.5. The summed E-state index contributed by atoms with van der Waals surface area (Å²) in [7, 11) is 0. The molecule has 8 aromatic rings. The van der Waals surface area contributed by atoms with Gasteiger partial charge in [0.05, 0.1) is 51.0 Å². The molecule has 0 N–H and O–H groups in total. The summed E-state index contributed by atoms with van der Waals surface area (Å²) in [6.07, 6.45) is -4.57. The fraction of sp³-hybridized carbons (Fsp3) is 0.0455. The maximum Gasteiger partial charge on any atom is 0.143 e. The average molecular weight is 630 g/mol. The van der Waals surface area contributed by atoms with E-state index in [0.717, 1.165) is 6.07 Å². The standard InChI is InChI=1S/C44H30N2O/c1-4-13-29(14-5-1)39-40(44(33-17-8-3-9-18-33)47-43(39)32-15-6-2-7-16-32)37-26-25-36(34-20-10-11-21-35(34)37)38-27-24-31-23-22-30-19-12-28-45-41(30)42(31)46-38/h1,3-6,8-28H,2,7H2/i1D,2D,3D,4D,6D,7D,8D,9D,10D,11D,12D,13D,14D,15D,16D,17D,18D,19D,20D,21D,22D,23D,24D,25D,26D,27D,28D. The normalized spacial score (nSPS) is 24.8. The van der Waals surface area contributed by atoms with Crippen molar-refractivity contribution in [1.82, 2.24) is 9.97 Å². The molecule has 0 saturated carbocycles. The van der Waals surface area contributed by atoms with E-state index in [-0.39, 0.29) is 0 Å². The highest BCUT2D eigenvalue weighted by atomic mass is 16.3. The third-order valence-electron chi connectivity index (χ3n) is 7.19. The zero-order chi connectivity index (χ0) is 54.7. The van der Waals surface area contributed by atoms with Crippen LogP contribution in [0, 0.1) is 0 Å². The molecule has 3 heterocycles. The molecule has 47 heavy (non-hydrogen) atoms. The van der Waals surface area contributed by atoms with Crippen LogP contribution in [0.15, 0.2) is 162 Å². The van der Waals surface area contributed by atoms with Crippen LogP contribution in [-0.4, -0.2) is 9.97 Å². The van der Waals surface area contributed by atoms with E-state index in [2.05, 4.69) is 9.97 Å². The molecule has 5 aromatic carbocycles. The van der Waals surface area contributed by atoms with Crippen molar-refractivity contribution in [2.45, 2.75) is 12.8 Å². The first kappa shape index (κ1) is 11.3. The Hall–Kier alpha value is -6.06. The molecule has 3 aromatic heterocycles. The van der Waals surface area contributed by atoms with Crippen LogP contribution in [-0.2, 0) is 0 Å². The van der Waals surface area contributed by atoms with E-state index in [1.54, 1.807) is 0 Å². The Kier molecular flexibility index (Phi) is 2.74. The number of aromatic nitrogens is 2. The van der Waals surface area contributed by atoms with E-state index >= 15 is 0 Å². The van der Waals surface area contributed by atoms with Gasteiger partial charge in [-0.15, -0.1) is 0 Å². The van der Waals surface area contributed by atoms with Crippen LogP contribution in [0.4, 0.5) is 0 Å². The molecule has 3 nitrogen and oxygen atoms in total. The molecule has 1 aliphatic rings. The first-order valence-corrected chi connectivity index (χ1v) is 13.8. The maximum absolute atomic E-state index is 9.91. The number of fused-ring (bicyclic) bond motifs is 4. The van der Waals surface area contributed by atoms with Crippen molar-refractivity contribution < 1.29 is 41.4 Å². The summed E-state index contributed by atoms with van der Waals surface area (Å²) in [6, 6.07) is -21.3. The minimum Gasteiger partial charge on any atom is -0.455 e. The number of furan rings is 1. The van der Waals surface area contributed by atoms with Crippen molar-refractivity contribution in [3.05, 3.63) is 163 Å². The van der Waals surface area contributed by atoms with Crippen LogP contribution in [0.1, 0.15) is 55.6 Å². The van der Waals surface area contributed by atoms with Crippen LogP contribution in [0.3, 0.4) is 0 Å². The zero-order valence-corrected chi connectivity index (χ0v) is 23.5. The van der Waals surface area contributed by atoms with Crippen molar-refractivity contribution in [3.8, 4) is 44.8 Å². The van der Waals surface area contributed by atoms with E-state index in [9.17, 15) is 9.60 Å². The summed E-state index contributed by atoms with van der Waals surface area (Å²) in [6.45, 7) is 0. The molecule has 9 rings (SSSR count). The van der Waals surface area contributed by atoms with Crippen molar-refractivity contribution >= 4 is 38.2 Å². The van der Waals surface area contributed by atoms with Crippen molar-refractivity contribution in [2.24, 2.45) is 0 Å². The predicted octanol–water partition coefficient (Wildman–Crippen LogP) is 11.9. The van der Waals surface area contributed by atoms with E-state index in [0.29, 0.717) is 0 Å². The second-order valence-corrected chi connectivity index (χ2v) is 9.82. The highest BCUT2D eigenvalue weighted by Gasteiger charge is 2.27. The molecule has 222 valence electrons. The van der Waals surface area contributed by atoms with Gasteiger partial charge in [0, 0.05) is 47.5 Å². The summed E-state index contributed by atoms with van der Waals surface area (Å²) >= 11 is 0. The Labute approximate surface area is 311 Å². The number of nitrogens with zero attached hydrogens (tertiary/aromatic N) is 2. The molecule has 0 saturated heterocycles. The highest BCUT2D eigenvalue weighted by Crippen LogP contribution is 2.50. The van der Waals surface area contributed by atoms with Crippen molar-refractivity contribution in [2.75, 3.05) is 0 Å². The van der Waals surface area contributed by atoms with Crippen molar-refractivity contribution in [1.29, 1.82) is 0 Å². The molecule has 3 heteroatoms. The third kappa shape index (κ3) is 4.67. The Morgan fingerprint density at radius 3 is 2.23 bits per heavy atom. The first-order valence-electron chi connectivity index (χ1n) is 27.4. The molecule has 0 spiro atoms. The van der Waals surface area contributed by atoms with Gasteiger partial charge >= 0.3 is 0 Å². The molecule has 0 aliphatic heterocycles. The molecule has 0 fully saturated rings. The lowest BCUT2D eigenvalue weighted by Gasteiger charge is -2.15. The Morgan fingerprint density at radius 1 is 0.596 bits per heavy atom. The SMILES string of the molecule is [2H]C1=C([2H])C([2H])C([2H])C([2H])=C1c1oc(-c2c([2H])c([2H])c([2H])c([2H])c2[2H])c(-c2c([2H])c([2H])c(-c3nc4c(c([2H])c3[2H])c([2H])c([2H])c3c([2H])c([2H])c([2H])nc34)c3c([2H])c([2H])c([2H])c([2H])c23)c1-c1c([2H])cc([2H])c([2H])c1[2H]. The summed E-state index contributed by atoms with van der Waals surface area (Å²) in [4.78, 5) is 8.50. The van der Waals surface area contributed by atoms with Crippen LogP contribution in [0.5, 0.6) is 0 Å². The Morgan fingerprint density at radius 2 is 1.34 bits per heavy atom. The van der Waals surface area contributed by atoms with Crippen LogP contribution < -0.4 is 0 Å². The van der Waals surface area contributed by atoms with Gasteiger partial charge in [-0.1, -0.05) is 139 Å². The summed E-state index contributed by atoms with van der Waals surface area (Å²) in [5.41, 5.74) is -7.46. The molecule has 2 unspecified atom stereocenters. The van der Waals surface area contributed by atoms with Gasteiger partial charge in [-0.05, 0) is 46.8 Å². The number of hydrogen-bond donors (Lipinski definition) is 0. The number of rotatable bonds is 5. The van der Waals surface area contributed by atoms with Gasteiger partial charge in [0.2, 0.25) is 0 Å². The number of pyridine rings is 2. The second kappa shape index (κ2) is 11.4. The number of hydrogen-bond acceptors (Lipinski definition) is 3. The lowest BCUT2D eigenvalue weighted by molar-refractivity contribution is 0.570. The van der Waals surface area contributed by atoms with E-state index in [4.69, 9.17) is 31.8 Å². The molecule has 0 amide bonds. The quantitative estimate of drug-likeness (QED) is 0.178. The van der Waals surface area contributed by atoms with Gasteiger partial charge in [0.25, 0.3) is 0 Å². The smallest absolute Gasteiger partial charge is 0.143 e. The molecular formula is C44H30N2O. The monoisotopic (exact) mass is 629 g/mol. The predicted molar refractivity (Wildman–Crippen MR) is 195 cm³/mol. The second-order valence-electron chi connectivity index (χ2n) is 9.82. The number of benzene rings is 5. The average Bonchev–Trinajstić information content (AvgIpc) is 3.71. The van der Waals surface area contributed by atoms with E-state index in [1.165, 1.54) is 0 Å². The van der Waals surface area contributed by atoms with Gasteiger partial charge in [-0.25, -0.2) is 4.98 Å². The van der Waals surface area contributed by atoms with Gasteiger partial charge < -0.3 is 4.42 Å². The van der Waals surface area contributed by atoms with Crippen LogP contribution >= 0.6 is 0 Å². The van der Waals surface area contributed by atoms with E-state index in [1.807, 2.05) is 0 Å². The largest absolute Gasteiger partial charge is 0.455 e. The maximum atomic E-state index is 9.91. The van der Waals surface area contributed by atoms with Crippen LogP contribution in [0.2, 0.25) is 0 Å². The fourth-order valence-corrected chi connectivity index (χ4v) is 5.21. The minimum atomic E-state index is -1.94. The molecular weight excluding hydrogens is 572 g/mol. The van der Waals surface area contributed by atoms with Gasteiger partial charge in [0.1, 0.15) is 11.5 Å². The van der Waals surface area contributed by atoms with Crippen molar-refractivity contribution in [3.63, 3.8) is 0 Å². The molecule has 0 bridgehead atoms. The summed E-state index contributed by atoms with van der Waals surface area (Å²) < 4.78 is 247. The summed E-state index contributed by atoms with van der Waals surface area (Å²) in [5.74, 6) is -1.85. The van der Waals surface area contributed by atoms with Crippen LogP contribution in [0.25, 0.3) is 83.0 Å². The third-order valence-corrected chi connectivity index (χ3v) is 7.19. The first-order chi connectivity index (χ1) is 34.5. The highest BCUT2D eigenvalue weighted by molar-refractivity contribution is 6.11. The van der Waals surface area contributed by atoms with E-state index < -0.39 is 253 Å². The Balaban J connectivity index is 1.60. The summed E-state index contributed by atoms with van der Waals surface area (Å²) in [5, 5.41) is -2.54. The van der Waals surface area contributed by atoms with Gasteiger partial charge in [0.15, 0.2) is 0 Å². The lowest BCUT2D eigenvalue weighted by atomic mass is 9.87. The molecule has 2 atom stereocenters. The number of allylic oxidation sites excluding steroid dienone is 4. The lowest BCUT2D eigenvalue weighted by Crippen LogP contribution is -1.92. The molecule has 1 aliphatic carbocycles. The topological polar surface area (TPSA) is 38.9 Å². The Bertz CT molecular complexity index is 3980. The molecule has 0 radical (unpaired) electrons. The fourth-order valence-electron chi connectivity index (χ4n) is 5.21. The van der Waals surface area contributed by atoms with Gasteiger partial charge in [-0.2, -0.15) is 0 Å². The minimum absolute atomic E-state index is 0.462.